The van der Waals surface area contributed by atoms with E-state index in [0.717, 1.165) is 11.1 Å². The van der Waals surface area contributed by atoms with E-state index in [1.165, 1.54) is 5.56 Å². The maximum Gasteiger partial charge on any atom is 0.323 e. The van der Waals surface area contributed by atoms with Gasteiger partial charge in [0.1, 0.15) is 11.6 Å². The number of nitrogens with two attached hydrogens (primary N) is 1. The van der Waals surface area contributed by atoms with Gasteiger partial charge in [-0.25, -0.2) is 0 Å². The number of aryl methyl sites for hydroxylation is 2. The lowest BCUT2D eigenvalue weighted by atomic mass is 9.99. The number of carbonyl (C=O) groups excluding carboxylic acids is 1. The van der Waals surface area contributed by atoms with Gasteiger partial charge in [-0.1, -0.05) is 23.8 Å². The third-order valence-corrected chi connectivity index (χ3v) is 2.65. The van der Waals surface area contributed by atoms with Crippen LogP contribution in [0.2, 0.25) is 0 Å². The van der Waals surface area contributed by atoms with E-state index < -0.39 is 11.6 Å². The predicted molar refractivity (Wildman–Crippen MR) is 73.4 cm³/mol. The molecule has 0 saturated carbocycles. The van der Waals surface area contributed by atoms with Crippen LogP contribution >= 0.6 is 0 Å². The van der Waals surface area contributed by atoms with Crippen molar-refractivity contribution in [2.24, 2.45) is 5.73 Å². The van der Waals surface area contributed by atoms with Crippen LogP contribution in [0, 0.1) is 13.8 Å². The topological polar surface area (TPSA) is 52.3 Å². The smallest absolute Gasteiger partial charge is 0.323 e. The Bertz CT molecular complexity index is 433. The second-order valence-electron chi connectivity index (χ2n) is 5.77. The van der Waals surface area contributed by atoms with Gasteiger partial charge in [0.2, 0.25) is 0 Å². The lowest BCUT2D eigenvalue weighted by Crippen LogP contribution is -2.38. The van der Waals surface area contributed by atoms with Crippen molar-refractivity contribution >= 4 is 5.97 Å². The van der Waals surface area contributed by atoms with Gasteiger partial charge in [-0.15, -0.1) is 0 Å². The van der Waals surface area contributed by atoms with Crippen molar-refractivity contribution in [3.8, 4) is 0 Å². The fourth-order valence-electron chi connectivity index (χ4n) is 1.72. The fourth-order valence-corrected chi connectivity index (χ4v) is 1.72. The normalized spacial score (nSPS) is 13.2. The van der Waals surface area contributed by atoms with Crippen molar-refractivity contribution in [1.82, 2.24) is 0 Å². The van der Waals surface area contributed by atoms with Gasteiger partial charge in [-0.05, 0) is 52.2 Å². The van der Waals surface area contributed by atoms with Crippen LogP contribution in [0.25, 0.3) is 0 Å². The molecule has 1 atom stereocenters. The van der Waals surface area contributed by atoms with Gasteiger partial charge in [0.05, 0.1) is 0 Å². The molecule has 0 amide bonds. The molecule has 0 aliphatic rings. The Morgan fingerprint density at radius 2 is 1.94 bits per heavy atom. The van der Waals surface area contributed by atoms with E-state index in [-0.39, 0.29) is 5.97 Å². The summed E-state index contributed by atoms with van der Waals surface area (Å²) in [7, 11) is 0. The standard InChI is InChI=1S/C15H23NO2/c1-10-6-7-11(2)12(8-10)9-13(16)14(17)18-15(3,4)5/h6-8,13H,9,16H2,1-5H3. The molecule has 1 rings (SSSR count). The van der Waals surface area contributed by atoms with Crippen LogP contribution < -0.4 is 5.73 Å². The van der Waals surface area contributed by atoms with E-state index >= 15 is 0 Å². The predicted octanol–water partition coefficient (Wildman–Crippen LogP) is 2.51. The van der Waals surface area contributed by atoms with Crippen molar-refractivity contribution in [3.05, 3.63) is 34.9 Å². The number of rotatable bonds is 3. The molecule has 1 aromatic rings. The Balaban J connectivity index is 2.72. The summed E-state index contributed by atoms with van der Waals surface area (Å²) < 4.78 is 5.28. The summed E-state index contributed by atoms with van der Waals surface area (Å²) in [5.74, 6) is -0.344. The zero-order chi connectivity index (χ0) is 13.9. The van der Waals surface area contributed by atoms with E-state index in [0.29, 0.717) is 6.42 Å². The first-order valence-electron chi connectivity index (χ1n) is 6.23. The van der Waals surface area contributed by atoms with Gasteiger partial charge in [-0.3, -0.25) is 4.79 Å². The number of benzene rings is 1. The maximum atomic E-state index is 11.8. The Labute approximate surface area is 109 Å². The van der Waals surface area contributed by atoms with Crippen LogP contribution in [0.15, 0.2) is 18.2 Å². The summed E-state index contributed by atoms with van der Waals surface area (Å²) in [5, 5.41) is 0. The molecule has 0 aliphatic carbocycles. The van der Waals surface area contributed by atoms with Gasteiger partial charge in [-0.2, -0.15) is 0 Å². The summed E-state index contributed by atoms with van der Waals surface area (Å²) >= 11 is 0. The van der Waals surface area contributed by atoms with Crippen LogP contribution in [-0.2, 0) is 16.0 Å². The molecular weight excluding hydrogens is 226 g/mol. The van der Waals surface area contributed by atoms with Gasteiger partial charge in [0, 0.05) is 0 Å². The maximum absolute atomic E-state index is 11.8. The monoisotopic (exact) mass is 249 g/mol. The summed E-state index contributed by atoms with van der Waals surface area (Å²) in [5.41, 5.74) is 8.84. The summed E-state index contributed by atoms with van der Waals surface area (Å²) in [6.45, 7) is 9.58. The molecule has 0 heterocycles. The highest BCUT2D eigenvalue weighted by molar-refractivity contribution is 5.76. The zero-order valence-corrected chi connectivity index (χ0v) is 11.9. The van der Waals surface area contributed by atoms with Crippen molar-refractivity contribution in [2.75, 3.05) is 0 Å². The van der Waals surface area contributed by atoms with Crippen molar-refractivity contribution in [2.45, 2.75) is 52.7 Å². The van der Waals surface area contributed by atoms with Crippen LogP contribution in [0.5, 0.6) is 0 Å². The van der Waals surface area contributed by atoms with Gasteiger partial charge in [0.15, 0.2) is 0 Å². The zero-order valence-electron chi connectivity index (χ0n) is 11.9. The van der Waals surface area contributed by atoms with Gasteiger partial charge in [0.25, 0.3) is 0 Å². The molecule has 0 radical (unpaired) electrons. The van der Waals surface area contributed by atoms with E-state index in [1.807, 2.05) is 40.7 Å². The average Bonchev–Trinajstić information content (AvgIpc) is 2.21. The molecule has 2 N–H and O–H groups in total. The largest absolute Gasteiger partial charge is 0.459 e. The number of ether oxygens (including phenoxy) is 1. The average molecular weight is 249 g/mol. The quantitative estimate of drug-likeness (QED) is 0.837. The molecular formula is C15H23NO2. The summed E-state index contributed by atoms with van der Waals surface area (Å²) in [4.78, 5) is 11.8. The highest BCUT2D eigenvalue weighted by atomic mass is 16.6. The van der Waals surface area contributed by atoms with Gasteiger partial charge < -0.3 is 10.5 Å². The van der Waals surface area contributed by atoms with Crippen molar-refractivity contribution < 1.29 is 9.53 Å². The highest BCUT2D eigenvalue weighted by Gasteiger charge is 2.22. The first-order valence-corrected chi connectivity index (χ1v) is 6.23. The molecule has 1 unspecified atom stereocenters. The lowest BCUT2D eigenvalue weighted by Gasteiger charge is -2.22. The SMILES string of the molecule is Cc1ccc(C)c(CC(N)C(=O)OC(C)(C)C)c1. The molecule has 1 aromatic carbocycles. The number of esters is 1. The molecule has 0 aromatic heterocycles. The minimum atomic E-state index is -0.607. The third kappa shape index (κ3) is 4.49. The van der Waals surface area contributed by atoms with E-state index in [1.54, 1.807) is 0 Å². The first-order chi connectivity index (χ1) is 8.19. The van der Waals surface area contributed by atoms with Crippen LogP contribution in [0.3, 0.4) is 0 Å². The molecule has 0 aliphatic heterocycles. The van der Waals surface area contributed by atoms with E-state index in [4.69, 9.17) is 10.5 Å². The van der Waals surface area contributed by atoms with E-state index in [2.05, 4.69) is 12.1 Å². The van der Waals surface area contributed by atoms with Gasteiger partial charge >= 0.3 is 5.97 Å². The Kier molecular flexibility index (Phi) is 4.52. The second-order valence-corrected chi connectivity index (χ2v) is 5.77. The fraction of sp³-hybridized carbons (Fsp3) is 0.533. The Hall–Kier alpha value is -1.35. The number of hydrogen-bond acceptors (Lipinski definition) is 3. The Morgan fingerprint density at radius 3 is 2.50 bits per heavy atom. The summed E-state index contributed by atoms with van der Waals surface area (Å²) in [6, 6.07) is 5.56. The minimum absolute atomic E-state index is 0.344. The molecule has 0 saturated heterocycles. The molecule has 100 valence electrons. The molecule has 3 heteroatoms. The number of hydrogen-bond donors (Lipinski definition) is 1. The molecule has 3 nitrogen and oxygen atoms in total. The van der Waals surface area contributed by atoms with Crippen LogP contribution in [0.1, 0.15) is 37.5 Å². The van der Waals surface area contributed by atoms with Crippen molar-refractivity contribution in [3.63, 3.8) is 0 Å². The summed E-state index contributed by atoms with van der Waals surface area (Å²) in [6.07, 6.45) is 0.516. The molecule has 0 spiro atoms. The third-order valence-electron chi connectivity index (χ3n) is 2.65. The van der Waals surface area contributed by atoms with E-state index in [9.17, 15) is 4.79 Å². The van der Waals surface area contributed by atoms with Crippen LogP contribution in [0.4, 0.5) is 0 Å². The minimum Gasteiger partial charge on any atom is -0.459 e. The van der Waals surface area contributed by atoms with Crippen LogP contribution in [-0.4, -0.2) is 17.6 Å². The molecule has 18 heavy (non-hydrogen) atoms. The molecule has 0 bridgehead atoms. The highest BCUT2D eigenvalue weighted by Crippen LogP contribution is 2.14. The second kappa shape index (κ2) is 5.53. The number of carbonyl (C=O) groups is 1. The van der Waals surface area contributed by atoms with Crippen molar-refractivity contribution in [1.29, 1.82) is 0 Å². The lowest BCUT2D eigenvalue weighted by molar-refractivity contribution is -0.156. The molecule has 0 fully saturated rings. The Morgan fingerprint density at radius 1 is 1.33 bits per heavy atom. The first kappa shape index (κ1) is 14.7.